The van der Waals surface area contributed by atoms with Crippen LogP contribution in [0.1, 0.15) is 15.9 Å². The molecule has 6 heteroatoms. The van der Waals surface area contributed by atoms with Gasteiger partial charge in [-0.1, -0.05) is 23.2 Å². The summed E-state index contributed by atoms with van der Waals surface area (Å²) in [5, 5.41) is 0.314. The number of nitrogens with two attached hydrogens (primary N) is 1. The molecule has 2 N–H and O–H groups in total. The molecule has 0 aromatic heterocycles. The highest BCUT2D eigenvalue weighted by molar-refractivity contribution is 9.10. The molecule has 0 heterocycles. The van der Waals surface area contributed by atoms with Gasteiger partial charge in [0.05, 0.1) is 15.7 Å². The van der Waals surface area contributed by atoms with Crippen LogP contribution >= 0.6 is 39.1 Å². The second-order valence-corrected chi connectivity index (χ2v) is 5.48. The minimum absolute atomic E-state index is 0.0462. The minimum Gasteiger partial charge on any atom is -0.397 e. The Bertz CT molecular complexity index is 676. The number of anilines is 1. The highest BCUT2D eigenvalue weighted by Crippen LogP contribution is 2.30. The summed E-state index contributed by atoms with van der Waals surface area (Å²) in [6, 6.07) is 6.57. The zero-order chi connectivity index (χ0) is 14.2. The molecule has 0 bridgehead atoms. The van der Waals surface area contributed by atoms with E-state index in [9.17, 15) is 9.18 Å². The highest BCUT2D eigenvalue weighted by Gasteiger charge is 2.17. The number of benzene rings is 2. The van der Waals surface area contributed by atoms with Crippen LogP contribution in [-0.4, -0.2) is 5.78 Å². The van der Waals surface area contributed by atoms with Gasteiger partial charge >= 0.3 is 0 Å². The van der Waals surface area contributed by atoms with Crippen molar-refractivity contribution in [2.75, 3.05) is 5.73 Å². The Kier molecular flexibility index (Phi) is 4.13. The monoisotopic (exact) mass is 361 g/mol. The van der Waals surface area contributed by atoms with Crippen LogP contribution in [0.25, 0.3) is 0 Å². The van der Waals surface area contributed by atoms with E-state index in [-0.39, 0.29) is 21.4 Å². The molecular weight excluding hydrogens is 356 g/mol. The topological polar surface area (TPSA) is 43.1 Å². The largest absolute Gasteiger partial charge is 0.397 e. The molecule has 2 aromatic carbocycles. The van der Waals surface area contributed by atoms with Gasteiger partial charge in [-0.05, 0) is 46.3 Å². The van der Waals surface area contributed by atoms with Crippen LogP contribution in [0.4, 0.5) is 10.1 Å². The molecule has 19 heavy (non-hydrogen) atoms. The Labute approximate surface area is 127 Å². The first-order chi connectivity index (χ1) is 8.90. The fourth-order valence-corrected chi connectivity index (χ4v) is 2.51. The zero-order valence-electron chi connectivity index (χ0n) is 9.38. The fourth-order valence-electron chi connectivity index (χ4n) is 1.55. The van der Waals surface area contributed by atoms with Gasteiger partial charge in [-0.2, -0.15) is 0 Å². The third kappa shape index (κ3) is 2.91. The maximum absolute atomic E-state index is 13.0. The summed E-state index contributed by atoms with van der Waals surface area (Å²) in [4.78, 5) is 12.3. The molecule has 0 saturated heterocycles. The fraction of sp³-hybridized carbons (Fsp3) is 0. The van der Waals surface area contributed by atoms with Crippen LogP contribution in [0.3, 0.4) is 0 Å². The quantitative estimate of drug-likeness (QED) is 0.621. The van der Waals surface area contributed by atoms with Crippen molar-refractivity contribution < 1.29 is 9.18 Å². The zero-order valence-corrected chi connectivity index (χ0v) is 12.5. The number of halogens is 4. The van der Waals surface area contributed by atoms with Gasteiger partial charge in [0, 0.05) is 15.6 Å². The SMILES string of the molecule is Nc1cc(Br)c(C(=O)c2ccc(F)cc2Cl)cc1Cl. The molecule has 0 aliphatic rings. The smallest absolute Gasteiger partial charge is 0.195 e. The van der Waals surface area contributed by atoms with E-state index in [1.54, 1.807) is 0 Å². The Morgan fingerprint density at radius 2 is 1.79 bits per heavy atom. The average Bonchev–Trinajstić information content (AvgIpc) is 2.33. The summed E-state index contributed by atoms with van der Waals surface area (Å²) in [6.45, 7) is 0. The van der Waals surface area contributed by atoms with Crippen LogP contribution in [0.5, 0.6) is 0 Å². The van der Waals surface area contributed by atoms with Crippen molar-refractivity contribution in [2.45, 2.75) is 0 Å². The number of ketones is 1. The molecule has 0 aliphatic carbocycles. The van der Waals surface area contributed by atoms with E-state index in [0.29, 0.717) is 15.7 Å². The lowest BCUT2D eigenvalue weighted by atomic mass is 10.0. The van der Waals surface area contributed by atoms with E-state index >= 15 is 0 Å². The van der Waals surface area contributed by atoms with Gasteiger partial charge in [-0.15, -0.1) is 0 Å². The van der Waals surface area contributed by atoms with E-state index in [2.05, 4.69) is 15.9 Å². The van der Waals surface area contributed by atoms with E-state index in [4.69, 9.17) is 28.9 Å². The lowest BCUT2D eigenvalue weighted by Crippen LogP contribution is -2.04. The summed E-state index contributed by atoms with van der Waals surface area (Å²) < 4.78 is 13.5. The Hall–Kier alpha value is -1.10. The van der Waals surface area contributed by atoms with Crippen molar-refractivity contribution >= 4 is 50.6 Å². The number of hydrogen-bond donors (Lipinski definition) is 1. The molecule has 0 amide bonds. The lowest BCUT2D eigenvalue weighted by Gasteiger charge is -2.08. The molecular formula is C13H7BrCl2FNO. The Balaban J connectivity index is 2.53. The van der Waals surface area contributed by atoms with Crippen molar-refractivity contribution in [1.29, 1.82) is 0 Å². The van der Waals surface area contributed by atoms with Crippen LogP contribution < -0.4 is 5.73 Å². The lowest BCUT2D eigenvalue weighted by molar-refractivity contribution is 0.103. The Morgan fingerprint density at radius 1 is 1.11 bits per heavy atom. The molecule has 2 rings (SSSR count). The summed E-state index contributed by atoms with van der Waals surface area (Å²) in [6.07, 6.45) is 0. The molecule has 2 aromatic rings. The number of carbonyl (C=O) groups is 1. The minimum atomic E-state index is -0.504. The van der Waals surface area contributed by atoms with Crippen molar-refractivity contribution in [2.24, 2.45) is 0 Å². The maximum atomic E-state index is 13.0. The molecule has 0 spiro atoms. The van der Waals surface area contributed by atoms with Crippen molar-refractivity contribution in [1.82, 2.24) is 0 Å². The summed E-state index contributed by atoms with van der Waals surface area (Å²) in [7, 11) is 0. The van der Waals surface area contributed by atoms with Crippen LogP contribution in [-0.2, 0) is 0 Å². The summed E-state index contributed by atoms with van der Waals surface area (Å²) >= 11 is 15.0. The first-order valence-corrected chi connectivity index (χ1v) is 6.69. The number of hydrogen-bond acceptors (Lipinski definition) is 2. The highest BCUT2D eigenvalue weighted by atomic mass is 79.9. The number of carbonyl (C=O) groups excluding carboxylic acids is 1. The van der Waals surface area contributed by atoms with Crippen molar-refractivity contribution in [3.63, 3.8) is 0 Å². The molecule has 0 atom stereocenters. The third-order valence-electron chi connectivity index (χ3n) is 2.51. The first-order valence-electron chi connectivity index (χ1n) is 5.14. The van der Waals surface area contributed by atoms with E-state index < -0.39 is 5.82 Å². The van der Waals surface area contributed by atoms with Crippen LogP contribution in [0.2, 0.25) is 10.0 Å². The molecule has 0 aliphatic heterocycles. The second kappa shape index (κ2) is 5.49. The molecule has 0 saturated carbocycles. The number of rotatable bonds is 2. The van der Waals surface area contributed by atoms with Crippen molar-refractivity contribution in [3.8, 4) is 0 Å². The van der Waals surface area contributed by atoms with Gasteiger partial charge in [0.2, 0.25) is 0 Å². The van der Waals surface area contributed by atoms with E-state index in [0.717, 1.165) is 6.07 Å². The molecule has 0 unspecified atom stereocenters. The predicted molar refractivity (Wildman–Crippen MR) is 78.4 cm³/mol. The van der Waals surface area contributed by atoms with Gasteiger partial charge < -0.3 is 5.73 Å². The van der Waals surface area contributed by atoms with Gasteiger partial charge in [0.25, 0.3) is 0 Å². The molecule has 2 nitrogen and oxygen atoms in total. The van der Waals surface area contributed by atoms with Crippen molar-refractivity contribution in [3.05, 3.63) is 61.8 Å². The summed E-state index contributed by atoms with van der Waals surface area (Å²) in [5.74, 6) is -0.866. The average molecular weight is 363 g/mol. The van der Waals surface area contributed by atoms with Gasteiger partial charge in [0.1, 0.15) is 5.82 Å². The van der Waals surface area contributed by atoms with Gasteiger partial charge in [-0.25, -0.2) is 4.39 Å². The number of nitrogen functional groups attached to an aromatic ring is 1. The van der Waals surface area contributed by atoms with E-state index in [1.807, 2.05) is 0 Å². The first kappa shape index (κ1) is 14.3. The third-order valence-corrected chi connectivity index (χ3v) is 3.80. The molecule has 0 radical (unpaired) electrons. The van der Waals surface area contributed by atoms with Gasteiger partial charge in [0.15, 0.2) is 5.78 Å². The molecule has 98 valence electrons. The van der Waals surface area contributed by atoms with E-state index in [1.165, 1.54) is 24.3 Å². The maximum Gasteiger partial charge on any atom is 0.195 e. The summed E-state index contributed by atoms with van der Waals surface area (Å²) in [5.41, 5.74) is 6.50. The van der Waals surface area contributed by atoms with Crippen LogP contribution in [0.15, 0.2) is 34.8 Å². The normalized spacial score (nSPS) is 10.5. The second-order valence-electron chi connectivity index (χ2n) is 3.81. The molecule has 0 fully saturated rings. The standard InChI is InChI=1S/C13H7BrCl2FNO/c14-9-5-12(18)11(16)4-8(9)13(19)7-2-1-6(17)3-10(7)15/h1-5H,18H2. The Morgan fingerprint density at radius 3 is 2.42 bits per heavy atom. The van der Waals surface area contributed by atoms with Crippen LogP contribution in [0, 0.1) is 5.82 Å². The van der Waals surface area contributed by atoms with Gasteiger partial charge in [-0.3, -0.25) is 4.79 Å². The predicted octanol–water partition coefficient (Wildman–Crippen LogP) is 4.71.